The summed E-state index contributed by atoms with van der Waals surface area (Å²) in [6, 6.07) is 14.7. The van der Waals surface area contributed by atoms with E-state index in [1.165, 1.54) is 17.8 Å². The second-order valence-electron chi connectivity index (χ2n) is 5.79. The maximum Gasteiger partial charge on any atom is 0.336 e. The Balaban J connectivity index is 1.66. The first-order chi connectivity index (χ1) is 13.7. The molecule has 0 spiro atoms. The summed E-state index contributed by atoms with van der Waals surface area (Å²) in [6.07, 6.45) is 0. The Labute approximate surface area is 172 Å². The van der Waals surface area contributed by atoms with Crippen LogP contribution in [0.3, 0.4) is 0 Å². The van der Waals surface area contributed by atoms with Gasteiger partial charge in [-0.05, 0) is 53.2 Å². The normalized spacial score (nSPS) is 11.1. The number of benzene rings is 2. The van der Waals surface area contributed by atoms with Crippen LogP contribution in [-0.4, -0.2) is 26.8 Å². The number of aromatic nitrogens is 4. The van der Waals surface area contributed by atoms with Gasteiger partial charge in [-0.3, -0.25) is 0 Å². The Morgan fingerprint density at radius 1 is 1.21 bits per heavy atom. The van der Waals surface area contributed by atoms with Crippen LogP contribution in [-0.2, 0) is 5.75 Å². The van der Waals surface area contributed by atoms with Crippen LogP contribution in [0.4, 0.5) is 0 Å². The lowest BCUT2D eigenvalue weighted by Gasteiger charge is -2.10. The molecule has 2 heterocycles. The Hall–Kier alpha value is -2.65. The van der Waals surface area contributed by atoms with Crippen LogP contribution in [0.2, 0.25) is 0 Å². The van der Waals surface area contributed by atoms with Crippen molar-refractivity contribution >= 4 is 38.7 Å². The van der Waals surface area contributed by atoms with Crippen LogP contribution in [0, 0.1) is 0 Å². The monoisotopic (exact) mass is 458 g/mol. The molecule has 0 aliphatic carbocycles. The predicted octanol–water partition coefficient (Wildman–Crippen LogP) is 4.22. The molecule has 0 unspecified atom stereocenters. The van der Waals surface area contributed by atoms with E-state index in [9.17, 15) is 4.79 Å². The number of nitrogens with zero attached hydrogens (tertiary/aromatic N) is 4. The molecule has 4 rings (SSSR count). The summed E-state index contributed by atoms with van der Waals surface area (Å²) >= 11 is 4.83. The molecule has 0 atom stereocenters. The average molecular weight is 459 g/mol. The van der Waals surface area contributed by atoms with Crippen molar-refractivity contribution in [2.24, 2.45) is 0 Å². The van der Waals surface area contributed by atoms with Gasteiger partial charge < -0.3 is 9.15 Å². The molecule has 0 bridgehead atoms. The number of hydrogen-bond donors (Lipinski definition) is 0. The first kappa shape index (κ1) is 18.7. The zero-order valence-electron chi connectivity index (χ0n) is 14.8. The van der Waals surface area contributed by atoms with E-state index in [2.05, 4.69) is 31.5 Å². The maximum absolute atomic E-state index is 11.9. The molecule has 2 aromatic heterocycles. The fourth-order valence-corrected chi connectivity index (χ4v) is 4.01. The zero-order valence-corrected chi connectivity index (χ0v) is 17.2. The highest BCUT2D eigenvalue weighted by Gasteiger charge is 2.15. The molecule has 0 saturated carbocycles. The minimum absolute atomic E-state index is 0.387. The fourth-order valence-electron chi connectivity index (χ4n) is 2.80. The summed E-state index contributed by atoms with van der Waals surface area (Å²) in [4.78, 5) is 11.9. The van der Waals surface area contributed by atoms with E-state index in [4.69, 9.17) is 9.15 Å². The number of fused-ring (bicyclic) bond motifs is 1. The summed E-state index contributed by atoms with van der Waals surface area (Å²) in [5, 5.41) is 13.5. The van der Waals surface area contributed by atoms with Crippen LogP contribution in [0.25, 0.3) is 16.7 Å². The molecule has 0 aliphatic rings. The van der Waals surface area contributed by atoms with Crippen LogP contribution in [0.5, 0.6) is 5.75 Å². The molecular formula is C19H15BrN4O3S. The molecule has 0 N–H and O–H groups in total. The third-order valence-corrected chi connectivity index (χ3v) is 5.44. The molecule has 0 radical (unpaired) electrons. The van der Waals surface area contributed by atoms with Gasteiger partial charge in [0.15, 0.2) is 0 Å². The smallest absolute Gasteiger partial charge is 0.336 e. The van der Waals surface area contributed by atoms with Gasteiger partial charge in [-0.15, -0.1) is 5.10 Å². The fraction of sp³-hybridized carbons (Fsp3) is 0.158. The second-order valence-corrected chi connectivity index (χ2v) is 7.65. The Morgan fingerprint density at radius 2 is 2.07 bits per heavy atom. The van der Waals surface area contributed by atoms with Crippen molar-refractivity contribution in [1.82, 2.24) is 20.2 Å². The van der Waals surface area contributed by atoms with E-state index >= 15 is 0 Å². The van der Waals surface area contributed by atoms with Crippen LogP contribution in [0.15, 0.2) is 67.4 Å². The molecular weight excluding hydrogens is 444 g/mol. The zero-order chi connectivity index (χ0) is 19.5. The van der Waals surface area contributed by atoms with Crippen molar-refractivity contribution in [3.63, 3.8) is 0 Å². The molecule has 142 valence electrons. The van der Waals surface area contributed by atoms with E-state index in [1.807, 2.05) is 43.3 Å². The summed E-state index contributed by atoms with van der Waals surface area (Å²) in [5.74, 6) is 1.22. The van der Waals surface area contributed by atoms with Gasteiger partial charge in [0.2, 0.25) is 5.16 Å². The number of hydrogen-bond acceptors (Lipinski definition) is 7. The first-order valence-corrected chi connectivity index (χ1v) is 10.3. The number of thioether (sulfide) groups is 1. The third-order valence-electron chi connectivity index (χ3n) is 3.98. The topological polar surface area (TPSA) is 83.0 Å². The summed E-state index contributed by atoms with van der Waals surface area (Å²) in [6.45, 7) is 2.47. The van der Waals surface area contributed by atoms with E-state index in [0.29, 0.717) is 28.8 Å². The number of tetrazole rings is 1. The van der Waals surface area contributed by atoms with E-state index in [0.717, 1.165) is 21.1 Å². The molecule has 0 saturated heterocycles. The number of halogens is 1. The van der Waals surface area contributed by atoms with Crippen molar-refractivity contribution in [2.45, 2.75) is 17.8 Å². The SMILES string of the molecule is CCOc1ccccc1-n1nnnc1SCc1cc(=O)oc2cc(Br)ccc12. The first-order valence-electron chi connectivity index (χ1n) is 8.51. The van der Waals surface area contributed by atoms with Crippen molar-refractivity contribution in [3.05, 3.63) is 69.0 Å². The van der Waals surface area contributed by atoms with Gasteiger partial charge in [-0.1, -0.05) is 39.8 Å². The summed E-state index contributed by atoms with van der Waals surface area (Å²) in [7, 11) is 0. The second kappa shape index (κ2) is 8.15. The molecule has 0 amide bonds. The van der Waals surface area contributed by atoms with Gasteiger partial charge in [0.1, 0.15) is 17.0 Å². The standard InChI is InChI=1S/C19H15BrN4O3S/c1-2-26-16-6-4-3-5-15(16)24-19(21-22-23-24)28-11-12-9-18(25)27-17-10-13(20)7-8-14(12)17/h3-10H,2,11H2,1H3. The molecule has 28 heavy (non-hydrogen) atoms. The number of para-hydroxylation sites is 2. The van der Waals surface area contributed by atoms with Gasteiger partial charge in [-0.25, -0.2) is 4.79 Å². The van der Waals surface area contributed by atoms with Crippen LogP contribution in [0.1, 0.15) is 12.5 Å². The van der Waals surface area contributed by atoms with E-state index in [1.54, 1.807) is 10.7 Å². The number of rotatable bonds is 6. The van der Waals surface area contributed by atoms with Crippen molar-refractivity contribution < 1.29 is 9.15 Å². The van der Waals surface area contributed by atoms with E-state index < -0.39 is 0 Å². The molecule has 4 aromatic rings. The predicted molar refractivity (Wildman–Crippen MR) is 110 cm³/mol. The summed E-state index contributed by atoms with van der Waals surface area (Å²) in [5.41, 5.74) is 1.77. The molecule has 9 heteroatoms. The lowest BCUT2D eigenvalue weighted by atomic mass is 10.1. The Bertz CT molecular complexity index is 1190. The van der Waals surface area contributed by atoms with Crippen molar-refractivity contribution in [1.29, 1.82) is 0 Å². The highest BCUT2D eigenvalue weighted by molar-refractivity contribution is 9.10. The van der Waals surface area contributed by atoms with Crippen LogP contribution >= 0.6 is 27.7 Å². The summed E-state index contributed by atoms with van der Waals surface area (Å²) < 4.78 is 13.5. The molecule has 2 aromatic carbocycles. The largest absolute Gasteiger partial charge is 0.492 e. The van der Waals surface area contributed by atoms with Crippen LogP contribution < -0.4 is 10.4 Å². The maximum atomic E-state index is 11.9. The Kier molecular flexibility index (Phi) is 5.45. The highest BCUT2D eigenvalue weighted by atomic mass is 79.9. The lowest BCUT2D eigenvalue weighted by Crippen LogP contribution is -2.04. The Morgan fingerprint density at radius 3 is 2.93 bits per heavy atom. The minimum atomic E-state index is -0.387. The average Bonchev–Trinajstić information content (AvgIpc) is 3.14. The number of ether oxygens (including phenoxy) is 1. The third kappa shape index (κ3) is 3.81. The lowest BCUT2D eigenvalue weighted by molar-refractivity contribution is 0.337. The minimum Gasteiger partial charge on any atom is -0.492 e. The van der Waals surface area contributed by atoms with Gasteiger partial charge in [0.25, 0.3) is 0 Å². The molecule has 7 nitrogen and oxygen atoms in total. The van der Waals surface area contributed by atoms with Crippen molar-refractivity contribution in [2.75, 3.05) is 6.61 Å². The van der Waals surface area contributed by atoms with Gasteiger partial charge in [0, 0.05) is 21.7 Å². The molecule has 0 aliphatic heterocycles. The van der Waals surface area contributed by atoms with Crippen molar-refractivity contribution in [3.8, 4) is 11.4 Å². The van der Waals surface area contributed by atoms with Gasteiger partial charge >= 0.3 is 5.63 Å². The highest BCUT2D eigenvalue weighted by Crippen LogP contribution is 2.30. The van der Waals surface area contributed by atoms with Gasteiger partial charge in [-0.2, -0.15) is 4.68 Å². The van der Waals surface area contributed by atoms with E-state index in [-0.39, 0.29) is 5.63 Å². The molecule has 0 fully saturated rings. The quantitative estimate of drug-likeness (QED) is 0.315. The van der Waals surface area contributed by atoms with Gasteiger partial charge in [0.05, 0.1) is 6.61 Å².